The Morgan fingerprint density at radius 1 is 1.03 bits per heavy atom. The molecule has 2 aliphatic carbocycles. The van der Waals surface area contributed by atoms with Crippen molar-refractivity contribution in [3.8, 4) is 11.1 Å². The van der Waals surface area contributed by atoms with Gasteiger partial charge in [-0.05, 0) is 42.0 Å². The molecule has 3 N–H and O–H groups in total. The maximum absolute atomic E-state index is 12.5. The molecule has 7 heteroatoms. The van der Waals surface area contributed by atoms with Crippen LogP contribution in [0.4, 0.5) is 4.79 Å². The molecule has 2 aliphatic rings. The summed E-state index contributed by atoms with van der Waals surface area (Å²) in [7, 11) is 0. The van der Waals surface area contributed by atoms with Gasteiger partial charge in [-0.15, -0.1) is 0 Å². The van der Waals surface area contributed by atoms with E-state index in [2.05, 4.69) is 22.8 Å². The van der Waals surface area contributed by atoms with E-state index < -0.39 is 29.6 Å². The minimum Gasteiger partial charge on any atom is -0.480 e. The SMILES string of the molecule is C[C@H](NC(=O)OCC1c2ccccc2-c2ccccc21)C(=O)NC1(C(=O)O)CCCC1. The fourth-order valence-electron chi connectivity index (χ4n) is 4.60. The number of carbonyl (C=O) groups excluding carboxylic acids is 2. The highest BCUT2D eigenvalue weighted by Gasteiger charge is 2.43. The number of amides is 2. The summed E-state index contributed by atoms with van der Waals surface area (Å²) in [6.07, 6.45) is 1.58. The van der Waals surface area contributed by atoms with Gasteiger partial charge in [0.05, 0.1) is 0 Å². The molecule has 0 radical (unpaired) electrons. The van der Waals surface area contributed by atoms with E-state index in [0.717, 1.165) is 35.1 Å². The third kappa shape index (κ3) is 4.00. The Morgan fingerprint density at radius 2 is 1.58 bits per heavy atom. The van der Waals surface area contributed by atoms with E-state index in [1.54, 1.807) is 0 Å². The van der Waals surface area contributed by atoms with E-state index in [9.17, 15) is 19.5 Å². The van der Waals surface area contributed by atoms with E-state index in [1.165, 1.54) is 6.92 Å². The molecule has 1 atom stereocenters. The van der Waals surface area contributed by atoms with E-state index >= 15 is 0 Å². The number of rotatable bonds is 6. The first-order valence-corrected chi connectivity index (χ1v) is 10.6. The standard InChI is InChI=1S/C24H26N2O5/c1-15(21(27)26-24(22(28)29)12-6-7-13-24)25-23(30)31-14-20-18-10-4-2-8-16(18)17-9-3-5-11-19(17)20/h2-5,8-11,15,20H,6-7,12-14H2,1H3,(H,25,30)(H,26,27)(H,28,29)/t15-/m0/s1. The first-order valence-electron chi connectivity index (χ1n) is 10.6. The van der Waals surface area contributed by atoms with Crippen LogP contribution >= 0.6 is 0 Å². The predicted octanol–water partition coefficient (Wildman–Crippen LogP) is 3.43. The number of hydrogen-bond donors (Lipinski definition) is 3. The summed E-state index contributed by atoms with van der Waals surface area (Å²) in [6, 6.07) is 15.2. The van der Waals surface area contributed by atoms with E-state index in [4.69, 9.17) is 4.74 Å². The van der Waals surface area contributed by atoms with Gasteiger partial charge in [0, 0.05) is 5.92 Å². The third-order valence-corrected chi connectivity index (χ3v) is 6.30. The number of carboxylic acids is 1. The zero-order chi connectivity index (χ0) is 22.0. The van der Waals surface area contributed by atoms with Crippen molar-refractivity contribution in [1.82, 2.24) is 10.6 Å². The van der Waals surface area contributed by atoms with Crippen molar-refractivity contribution in [3.63, 3.8) is 0 Å². The molecule has 0 heterocycles. The van der Waals surface area contributed by atoms with E-state index in [-0.39, 0.29) is 12.5 Å². The van der Waals surface area contributed by atoms with Crippen LogP contribution in [0.1, 0.15) is 49.7 Å². The van der Waals surface area contributed by atoms with Gasteiger partial charge in [-0.2, -0.15) is 0 Å². The van der Waals surface area contributed by atoms with Gasteiger partial charge in [-0.3, -0.25) is 4.79 Å². The highest BCUT2D eigenvalue weighted by Crippen LogP contribution is 2.44. The molecule has 1 fully saturated rings. The van der Waals surface area contributed by atoms with Crippen molar-refractivity contribution in [1.29, 1.82) is 0 Å². The average Bonchev–Trinajstić information content (AvgIpc) is 3.36. The Labute approximate surface area is 180 Å². The minimum atomic E-state index is -1.24. The molecule has 2 amide bonds. The average molecular weight is 422 g/mol. The number of aliphatic carboxylic acids is 1. The fourth-order valence-corrected chi connectivity index (χ4v) is 4.60. The first-order chi connectivity index (χ1) is 14.9. The Bertz CT molecular complexity index is 967. The molecule has 7 nitrogen and oxygen atoms in total. The van der Waals surface area contributed by atoms with Gasteiger partial charge in [0.15, 0.2) is 0 Å². The smallest absolute Gasteiger partial charge is 0.407 e. The van der Waals surface area contributed by atoms with Gasteiger partial charge in [-0.25, -0.2) is 9.59 Å². The third-order valence-electron chi connectivity index (χ3n) is 6.30. The molecule has 0 spiro atoms. The summed E-state index contributed by atoms with van der Waals surface area (Å²) in [6.45, 7) is 1.66. The van der Waals surface area contributed by atoms with Gasteiger partial charge in [-0.1, -0.05) is 61.4 Å². The molecule has 0 saturated heterocycles. The second-order valence-corrected chi connectivity index (χ2v) is 8.28. The Morgan fingerprint density at radius 3 is 2.13 bits per heavy atom. The summed E-state index contributed by atoms with van der Waals surface area (Å²) in [4.78, 5) is 36.5. The molecule has 4 rings (SSSR count). The van der Waals surface area contributed by atoms with Crippen LogP contribution in [-0.4, -0.2) is 41.3 Å². The maximum atomic E-state index is 12.5. The van der Waals surface area contributed by atoms with E-state index in [1.807, 2.05) is 36.4 Å². The number of alkyl carbamates (subject to hydrolysis) is 1. The van der Waals surface area contributed by atoms with Crippen molar-refractivity contribution in [2.75, 3.05) is 6.61 Å². The first kappa shape index (κ1) is 20.9. The number of carboxylic acid groups (broad SMARTS) is 1. The second kappa shape index (κ2) is 8.41. The van der Waals surface area contributed by atoms with Crippen molar-refractivity contribution >= 4 is 18.0 Å². The Hall–Kier alpha value is -3.35. The van der Waals surface area contributed by atoms with Crippen molar-refractivity contribution in [2.45, 2.75) is 50.1 Å². The van der Waals surface area contributed by atoms with Crippen LogP contribution in [0.3, 0.4) is 0 Å². The molecule has 0 aromatic heterocycles. The largest absolute Gasteiger partial charge is 0.480 e. The molecule has 0 bridgehead atoms. The van der Waals surface area contributed by atoms with E-state index in [0.29, 0.717) is 12.8 Å². The molecule has 0 aliphatic heterocycles. The number of carbonyl (C=O) groups is 3. The minimum absolute atomic E-state index is 0.0731. The lowest BCUT2D eigenvalue weighted by atomic mass is 9.97. The van der Waals surface area contributed by atoms with Crippen LogP contribution in [0, 0.1) is 0 Å². The van der Waals surface area contributed by atoms with Gasteiger partial charge in [0.25, 0.3) is 0 Å². The highest BCUT2D eigenvalue weighted by molar-refractivity contribution is 5.91. The van der Waals surface area contributed by atoms with Gasteiger partial charge >= 0.3 is 12.1 Å². The van der Waals surface area contributed by atoms with Crippen LogP contribution < -0.4 is 10.6 Å². The van der Waals surface area contributed by atoms with Crippen LogP contribution in [0.2, 0.25) is 0 Å². The van der Waals surface area contributed by atoms with Crippen molar-refractivity contribution in [2.24, 2.45) is 0 Å². The zero-order valence-electron chi connectivity index (χ0n) is 17.4. The highest BCUT2D eigenvalue weighted by atomic mass is 16.5. The quantitative estimate of drug-likeness (QED) is 0.662. The Balaban J connectivity index is 1.36. The summed E-state index contributed by atoms with van der Waals surface area (Å²) >= 11 is 0. The lowest BCUT2D eigenvalue weighted by Gasteiger charge is -2.27. The van der Waals surface area contributed by atoms with Crippen LogP contribution in [-0.2, 0) is 14.3 Å². The lowest BCUT2D eigenvalue weighted by Crippen LogP contribution is -2.57. The number of ether oxygens (including phenoxy) is 1. The molecule has 31 heavy (non-hydrogen) atoms. The molecule has 2 aromatic rings. The van der Waals surface area contributed by atoms with Gasteiger partial charge < -0.3 is 20.5 Å². The Kier molecular flexibility index (Phi) is 5.67. The lowest BCUT2D eigenvalue weighted by molar-refractivity contribution is -0.147. The molecule has 2 aromatic carbocycles. The summed E-state index contributed by atoms with van der Waals surface area (Å²) in [5, 5.41) is 14.6. The molecular formula is C24H26N2O5. The maximum Gasteiger partial charge on any atom is 0.407 e. The van der Waals surface area contributed by atoms with Crippen molar-refractivity contribution < 1.29 is 24.2 Å². The van der Waals surface area contributed by atoms with Crippen molar-refractivity contribution in [3.05, 3.63) is 59.7 Å². The molecule has 0 unspecified atom stereocenters. The number of fused-ring (bicyclic) bond motifs is 3. The number of nitrogens with one attached hydrogen (secondary N) is 2. The summed E-state index contributed by atoms with van der Waals surface area (Å²) < 4.78 is 5.46. The van der Waals surface area contributed by atoms with Crippen LogP contribution in [0.25, 0.3) is 11.1 Å². The summed E-state index contributed by atoms with van der Waals surface area (Å²) in [5.74, 6) is -1.64. The fraction of sp³-hybridized carbons (Fsp3) is 0.375. The number of hydrogen-bond acceptors (Lipinski definition) is 4. The van der Waals surface area contributed by atoms with Crippen LogP contribution in [0.5, 0.6) is 0 Å². The van der Waals surface area contributed by atoms with Gasteiger partial charge in [0.2, 0.25) is 5.91 Å². The normalized spacial score (nSPS) is 17.3. The summed E-state index contributed by atoms with van der Waals surface area (Å²) in [5.41, 5.74) is 3.23. The number of benzene rings is 2. The monoisotopic (exact) mass is 422 g/mol. The molecule has 1 saturated carbocycles. The topological polar surface area (TPSA) is 105 Å². The predicted molar refractivity (Wildman–Crippen MR) is 115 cm³/mol. The molecular weight excluding hydrogens is 396 g/mol. The second-order valence-electron chi connectivity index (χ2n) is 8.28. The molecule has 162 valence electrons. The van der Waals surface area contributed by atoms with Crippen LogP contribution in [0.15, 0.2) is 48.5 Å². The van der Waals surface area contributed by atoms with Gasteiger partial charge in [0.1, 0.15) is 18.2 Å². The zero-order valence-corrected chi connectivity index (χ0v) is 17.4.